The summed E-state index contributed by atoms with van der Waals surface area (Å²) < 4.78 is 7.24. The monoisotopic (exact) mass is 362 g/mol. The van der Waals surface area contributed by atoms with Crippen molar-refractivity contribution in [3.8, 4) is 0 Å². The zero-order valence-electron chi connectivity index (χ0n) is 16.2. The van der Waals surface area contributed by atoms with Gasteiger partial charge in [0.05, 0.1) is 18.3 Å². The lowest BCUT2D eigenvalue weighted by Gasteiger charge is -2.25. The van der Waals surface area contributed by atoms with Crippen molar-refractivity contribution < 1.29 is 19.4 Å². The van der Waals surface area contributed by atoms with Crippen LogP contribution in [-0.4, -0.2) is 40.3 Å². The third-order valence-corrected chi connectivity index (χ3v) is 5.07. The van der Waals surface area contributed by atoms with Crippen molar-refractivity contribution in [2.75, 3.05) is 6.61 Å². The molecule has 1 aromatic heterocycles. The number of aliphatic hydroxyl groups excluding tert-OH is 1. The number of rotatable bonds is 6. The summed E-state index contributed by atoms with van der Waals surface area (Å²) in [5.74, 6) is -0.538. The van der Waals surface area contributed by atoms with Crippen molar-refractivity contribution in [3.63, 3.8) is 0 Å². The number of nitrogens with zero attached hydrogens (tertiary/aromatic N) is 1. The molecule has 1 heterocycles. The smallest absolute Gasteiger partial charge is 0.340 e. The summed E-state index contributed by atoms with van der Waals surface area (Å²) in [5, 5.41) is 12.5. The summed E-state index contributed by atoms with van der Waals surface area (Å²) in [5.41, 5.74) is 3.05. The molecule has 144 valence electrons. The Bertz CT molecular complexity index is 682. The molecule has 0 unspecified atom stereocenters. The standard InChI is InChI=1S/C20H30N2O4/c1-5-22-13(3)17(19(14(22)4)20(25)26-6-2)11-12-18(24)21-15-7-9-16(23)10-8-15/h11-12,15-16,23H,5-10H2,1-4H3,(H,21,24). The Balaban J connectivity index is 2.17. The molecule has 0 bridgehead atoms. The van der Waals surface area contributed by atoms with E-state index in [-0.39, 0.29) is 24.0 Å². The molecule has 1 amide bonds. The van der Waals surface area contributed by atoms with Gasteiger partial charge < -0.3 is 19.7 Å². The highest BCUT2D eigenvalue weighted by Gasteiger charge is 2.23. The van der Waals surface area contributed by atoms with E-state index < -0.39 is 0 Å². The first-order valence-corrected chi connectivity index (χ1v) is 9.42. The van der Waals surface area contributed by atoms with E-state index in [9.17, 15) is 14.7 Å². The van der Waals surface area contributed by atoms with E-state index in [1.54, 1.807) is 13.0 Å². The number of ether oxygens (including phenoxy) is 1. The molecule has 1 saturated carbocycles. The van der Waals surface area contributed by atoms with Crippen LogP contribution in [0.4, 0.5) is 0 Å². The second-order valence-electron chi connectivity index (χ2n) is 6.77. The summed E-state index contributed by atoms with van der Waals surface area (Å²) >= 11 is 0. The molecule has 6 nitrogen and oxygen atoms in total. The van der Waals surface area contributed by atoms with Crippen LogP contribution in [0.3, 0.4) is 0 Å². The van der Waals surface area contributed by atoms with Crippen LogP contribution in [0, 0.1) is 13.8 Å². The molecule has 1 aliphatic carbocycles. The highest BCUT2D eigenvalue weighted by Crippen LogP contribution is 2.25. The van der Waals surface area contributed by atoms with Gasteiger partial charge in [-0.2, -0.15) is 0 Å². The number of esters is 1. The average Bonchev–Trinajstić information content (AvgIpc) is 2.85. The SMILES string of the molecule is CCOC(=O)c1c(C=CC(=O)NC2CCC(O)CC2)c(C)n(CC)c1C. The van der Waals surface area contributed by atoms with E-state index >= 15 is 0 Å². The van der Waals surface area contributed by atoms with E-state index in [4.69, 9.17) is 4.74 Å². The maximum absolute atomic E-state index is 12.4. The highest BCUT2D eigenvalue weighted by molar-refractivity contribution is 5.98. The molecule has 2 rings (SSSR count). The second kappa shape index (κ2) is 9.03. The van der Waals surface area contributed by atoms with E-state index in [0.717, 1.165) is 49.2 Å². The molecule has 0 aliphatic heterocycles. The number of aliphatic hydroxyl groups is 1. The molecule has 1 fully saturated rings. The van der Waals surface area contributed by atoms with Gasteiger partial charge in [0.2, 0.25) is 5.91 Å². The van der Waals surface area contributed by atoms with Crippen LogP contribution >= 0.6 is 0 Å². The third-order valence-electron chi connectivity index (χ3n) is 5.07. The lowest BCUT2D eigenvalue weighted by atomic mass is 9.93. The number of carbonyl (C=O) groups is 2. The number of nitrogens with one attached hydrogen (secondary N) is 1. The average molecular weight is 362 g/mol. The fourth-order valence-corrected chi connectivity index (χ4v) is 3.68. The zero-order valence-corrected chi connectivity index (χ0v) is 16.2. The summed E-state index contributed by atoms with van der Waals surface area (Å²) in [6, 6.07) is 0.100. The van der Waals surface area contributed by atoms with E-state index in [1.165, 1.54) is 6.08 Å². The maximum Gasteiger partial charge on any atom is 0.340 e. The van der Waals surface area contributed by atoms with Gasteiger partial charge in [-0.3, -0.25) is 4.79 Å². The van der Waals surface area contributed by atoms with E-state index in [2.05, 4.69) is 5.32 Å². The summed E-state index contributed by atoms with van der Waals surface area (Å²) in [4.78, 5) is 24.6. The summed E-state index contributed by atoms with van der Waals surface area (Å²) in [7, 11) is 0. The Morgan fingerprint density at radius 3 is 2.42 bits per heavy atom. The Morgan fingerprint density at radius 2 is 1.85 bits per heavy atom. The molecule has 0 aromatic carbocycles. The highest BCUT2D eigenvalue weighted by atomic mass is 16.5. The van der Waals surface area contributed by atoms with Gasteiger partial charge >= 0.3 is 5.97 Å². The van der Waals surface area contributed by atoms with Crippen LogP contribution in [0.5, 0.6) is 0 Å². The summed E-state index contributed by atoms with van der Waals surface area (Å²) in [6.07, 6.45) is 5.96. The molecular weight excluding hydrogens is 332 g/mol. The van der Waals surface area contributed by atoms with E-state index in [0.29, 0.717) is 12.2 Å². The normalized spacial score (nSPS) is 20.3. The number of hydrogen-bond donors (Lipinski definition) is 2. The van der Waals surface area contributed by atoms with Crippen LogP contribution in [0.2, 0.25) is 0 Å². The van der Waals surface area contributed by atoms with Crippen LogP contribution in [0.1, 0.15) is 66.8 Å². The van der Waals surface area contributed by atoms with Gasteiger partial charge in [-0.05, 0) is 59.5 Å². The van der Waals surface area contributed by atoms with Gasteiger partial charge in [0.1, 0.15) is 0 Å². The molecule has 2 N–H and O–H groups in total. The molecule has 1 aliphatic rings. The van der Waals surface area contributed by atoms with Crippen LogP contribution in [-0.2, 0) is 16.1 Å². The van der Waals surface area contributed by atoms with Gasteiger partial charge in [0, 0.05) is 35.6 Å². The van der Waals surface area contributed by atoms with Crippen LogP contribution < -0.4 is 5.32 Å². The predicted octanol–water partition coefficient (Wildman–Crippen LogP) is 2.73. The first-order valence-electron chi connectivity index (χ1n) is 9.42. The molecule has 26 heavy (non-hydrogen) atoms. The minimum Gasteiger partial charge on any atom is -0.462 e. The number of carbonyl (C=O) groups excluding carboxylic acids is 2. The van der Waals surface area contributed by atoms with Crippen molar-refractivity contribution in [2.24, 2.45) is 0 Å². The molecular formula is C20H30N2O4. The number of amides is 1. The van der Waals surface area contributed by atoms with Crippen molar-refractivity contribution in [1.82, 2.24) is 9.88 Å². The zero-order chi connectivity index (χ0) is 19.3. The van der Waals surface area contributed by atoms with Gasteiger partial charge in [-0.1, -0.05) is 0 Å². The molecule has 1 aromatic rings. The van der Waals surface area contributed by atoms with Crippen molar-refractivity contribution >= 4 is 18.0 Å². The minimum absolute atomic E-state index is 0.100. The lowest BCUT2D eigenvalue weighted by molar-refractivity contribution is -0.117. The number of hydrogen-bond acceptors (Lipinski definition) is 4. The van der Waals surface area contributed by atoms with Gasteiger partial charge in [0.15, 0.2) is 0 Å². The van der Waals surface area contributed by atoms with Crippen molar-refractivity contribution in [1.29, 1.82) is 0 Å². The fourth-order valence-electron chi connectivity index (χ4n) is 3.68. The maximum atomic E-state index is 12.4. The fraction of sp³-hybridized carbons (Fsp3) is 0.600. The third kappa shape index (κ3) is 4.55. The Labute approximate surface area is 155 Å². The second-order valence-corrected chi connectivity index (χ2v) is 6.77. The van der Waals surface area contributed by atoms with Crippen molar-refractivity contribution in [2.45, 2.75) is 72.1 Å². The first-order chi connectivity index (χ1) is 12.4. The molecule has 0 radical (unpaired) electrons. The Morgan fingerprint density at radius 1 is 1.19 bits per heavy atom. The first kappa shape index (κ1) is 20.2. The molecule has 0 spiro atoms. The summed E-state index contributed by atoms with van der Waals surface area (Å²) in [6.45, 7) is 8.70. The van der Waals surface area contributed by atoms with Gasteiger partial charge in [0.25, 0.3) is 0 Å². The predicted molar refractivity (Wildman–Crippen MR) is 101 cm³/mol. The molecule has 0 atom stereocenters. The minimum atomic E-state index is -0.360. The molecule has 6 heteroatoms. The van der Waals surface area contributed by atoms with Gasteiger partial charge in [-0.25, -0.2) is 4.79 Å². The van der Waals surface area contributed by atoms with Gasteiger partial charge in [-0.15, -0.1) is 0 Å². The Hall–Kier alpha value is -2.08. The van der Waals surface area contributed by atoms with Crippen LogP contribution in [0.25, 0.3) is 6.08 Å². The van der Waals surface area contributed by atoms with Crippen molar-refractivity contribution in [3.05, 3.63) is 28.6 Å². The van der Waals surface area contributed by atoms with E-state index in [1.807, 2.05) is 25.3 Å². The Kier molecular flexibility index (Phi) is 7.03. The largest absolute Gasteiger partial charge is 0.462 e. The number of aromatic nitrogens is 1. The topological polar surface area (TPSA) is 80.6 Å². The van der Waals surface area contributed by atoms with Crippen LogP contribution in [0.15, 0.2) is 6.08 Å². The molecule has 0 saturated heterocycles. The lowest BCUT2D eigenvalue weighted by Crippen LogP contribution is -2.37. The quantitative estimate of drug-likeness (QED) is 0.602.